The number of nitrogens with zero attached hydrogens (tertiary/aromatic N) is 1. The first-order valence-electron chi connectivity index (χ1n) is 8.05. The largest absolute Gasteiger partial charge is 0.483 e. The molecule has 1 N–H and O–H groups in total. The van der Waals surface area contributed by atoms with E-state index >= 15 is 0 Å². The van der Waals surface area contributed by atoms with Crippen molar-refractivity contribution in [1.82, 2.24) is 0 Å². The van der Waals surface area contributed by atoms with Gasteiger partial charge in [-0.25, -0.2) is 0 Å². The van der Waals surface area contributed by atoms with E-state index in [0.717, 1.165) is 10.0 Å². The van der Waals surface area contributed by atoms with E-state index in [0.29, 0.717) is 17.1 Å². The van der Waals surface area contributed by atoms with Gasteiger partial charge in [-0.1, -0.05) is 18.2 Å². The predicted molar refractivity (Wildman–Crippen MR) is 101 cm³/mol. The fourth-order valence-corrected chi connectivity index (χ4v) is 3.51. The lowest BCUT2D eigenvalue weighted by Crippen LogP contribution is -2.41. The van der Waals surface area contributed by atoms with E-state index in [2.05, 4.69) is 21.2 Å². The summed E-state index contributed by atoms with van der Waals surface area (Å²) in [6, 6.07) is 12.8. The number of hydrogen-bond acceptors (Lipinski definition) is 3. The zero-order valence-electron chi connectivity index (χ0n) is 14.1. The first kappa shape index (κ1) is 17.5. The van der Waals surface area contributed by atoms with Crippen molar-refractivity contribution in [3.05, 3.63) is 52.5 Å². The van der Waals surface area contributed by atoms with E-state index < -0.39 is 0 Å². The SMILES string of the molecule is Cc1ccc(OCC(=O)N2c3ccccc3NC(=O)C[C@H]2C)c(Br)c1. The summed E-state index contributed by atoms with van der Waals surface area (Å²) in [5.74, 6) is 0.324. The third-order valence-corrected chi connectivity index (χ3v) is 4.69. The second-order valence-corrected chi connectivity index (χ2v) is 6.96. The van der Waals surface area contributed by atoms with Crippen molar-refractivity contribution in [1.29, 1.82) is 0 Å². The molecule has 25 heavy (non-hydrogen) atoms. The lowest BCUT2D eigenvalue weighted by molar-refractivity contribution is -0.121. The van der Waals surface area contributed by atoms with Gasteiger partial charge < -0.3 is 15.0 Å². The molecule has 2 aromatic carbocycles. The highest BCUT2D eigenvalue weighted by atomic mass is 79.9. The van der Waals surface area contributed by atoms with Crippen LogP contribution in [0, 0.1) is 6.92 Å². The molecule has 1 atom stereocenters. The number of halogens is 1. The van der Waals surface area contributed by atoms with E-state index in [1.54, 1.807) is 11.0 Å². The smallest absolute Gasteiger partial charge is 0.265 e. The molecule has 0 spiro atoms. The van der Waals surface area contributed by atoms with E-state index in [4.69, 9.17) is 4.74 Å². The quantitative estimate of drug-likeness (QED) is 0.846. The Morgan fingerprint density at radius 1 is 1.32 bits per heavy atom. The Bertz CT molecular complexity index is 822. The lowest BCUT2D eigenvalue weighted by atomic mass is 10.1. The van der Waals surface area contributed by atoms with Crippen LogP contribution in [-0.2, 0) is 9.59 Å². The summed E-state index contributed by atoms with van der Waals surface area (Å²) in [7, 11) is 0. The van der Waals surface area contributed by atoms with Crippen molar-refractivity contribution in [2.45, 2.75) is 26.3 Å². The molecule has 2 amide bonds. The molecule has 0 radical (unpaired) electrons. The average Bonchev–Trinajstić information content (AvgIpc) is 2.68. The Balaban J connectivity index is 1.81. The van der Waals surface area contributed by atoms with Gasteiger partial charge in [-0.2, -0.15) is 0 Å². The molecule has 2 aromatic rings. The third-order valence-electron chi connectivity index (χ3n) is 4.07. The third kappa shape index (κ3) is 3.85. The summed E-state index contributed by atoms with van der Waals surface area (Å²) in [6.07, 6.45) is 0.245. The van der Waals surface area contributed by atoms with Crippen LogP contribution < -0.4 is 15.0 Å². The molecule has 0 bridgehead atoms. The Kier molecular flexibility index (Phi) is 5.08. The van der Waals surface area contributed by atoms with Crippen molar-refractivity contribution < 1.29 is 14.3 Å². The molecule has 1 aliphatic heterocycles. The average molecular weight is 403 g/mol. The number of hydrogen-bond donors (Lipinski definition) is 1. The number of aryl methyl sites for hydroxylation is 1. The monoisotopic (exact) mass is 402 g/mol. The maximum Gasteiger partial charge on any atom is 0.265 e. The minimum atomic E-state index is -0.249. The van der Waals surface area contributed by atoms with Crippen molar-refractivity contribution in [3.63, 3.8) is 0 Å². The molecule has 0 saturated carbocycles. The lowest BCUT2D eigenvalue weighted by Gasteiger charge is -2.27. The molecule has 5 nitrogen and oxygen atoms in total. The van der Waals surface area contributed by atoms with Gasteiger partial charge >= 0.3 is 0 Å². The summed E-state index contributed by atoms with van der Waals surface area (Å²) in [5, 5.41) is 2.85. The molecule has 1 aliphatic rings. The number of benzene rings is 2. The van der Waals surface area contributed by atoms with Crippen LogP contribution in [-0.4, -0.2) is 24.5 Å². The Morgan fingerprint density at radius 3 is 2.84 bits per heavy atom. The first-order valence-corrected chi connectivity index (χ1v) is 8.85. The number of amides is 2. The highest BCUT2D eigenvalue weighted by Gasteiger charge is 2.29. The summed E-state index contributed by atoms with van der Waals surface area (Å²) >= 11 is 3.45. The van der Waals surface area contributed by atoms with Crippen LogP contribution in [0.15, 0.2) is 46.9 Å². The van der Waals surface area contributed by atoms with Crippen molar-refractivity contribution in [3.8, 4) is 5.75 Å². The van der Waals surface area contributed by atoms with Gasteiger partial charge in [-0.15, -0.1) is 0 Å². The highest BCUT2D eigenvalue weighted by molar-refractivity contribution is 9.10. The van der Waals surface area contributed by atoms with Gasteiger partial charge in [0.1, 0.15) is 5.75 Å². The summed E-state index contributed by atoms with van der Waals surface area (Å²) in [4.78, 5) is 26.5. The molecule has 1 heterocycles. The number of para-hydroxylation sites is 2. The van der Waals surface area contributed by atoms with E-state index in [-0.39, 0.29) is 30.9 Å². The zero-order valence-corrected chi connectivity index (χ0v) is 15.7. The standard InChI is InChI=1S/C19H19BrN2O3/c1-12-7-8-17(14(20)9-12)25-11-19(24)22-13(2)10-18(23)21-15-5-3-4-6-16(15)22/h3-9,13H,10-11H2,1-2H3,(H,21,23)/t13-/m1/s1. The Morgan fingerprint density at radius 2 is 2.08 bits per heavy atom. The molecule has 0 aliphatic carbocycles. The number of carbonyl (C=O) groups is 2. The van der Waals surface area contributed by atoms with Gasteiger partial charge in [-0.3, -0.25) is 9.59 Å². The summed E-state index contributed by atoms with van der Waals surface area (Å²) < 4.78 is 6.50. The summed E-state index contributed by atoms with van der Waals surface area (Å²) in [5.41, 5.74) is 2.43. The van der Waals surface area contributed by atoms with Gasteiger partial charge in [0.15, 0.2) is 6.61 Å². The Labute approximate surface area is 155 Å². The van der Waals surface area contributed by atoms with Crippen LogP contribution >= 0.6 is 15.9 Å². The molecule has 0 saturated heterocycles. The van der Waals surface area contributed by atoms with Crippen molar-refractivity contribution in [2.24, 2.45) is 0 Å². The maximum atomic E-state index is 12.8. The molecule has 0 unspecified atom stereocenters. The molecule has 6 heteroatoms. The fourth-order valence-electron chi connectivity index (χ4n) is 2.90. The van der Waals surface area contributed by atoms with Crippen LogP contribution in [0.25, 0.3) is 0 Å². The minimum absolute atomic E-state index is 0.0996. The fraction of sp³-hybridized carbons (Fsp3) is 0.263. The van der Waals surface area contributed by atoms with Gasteiger partial charge in [0.05, 0.1) is 15.8 Å². The number of anilines is 2. The van der Waals surface area contributed by atoms with E-state index in [1.165, 1.54) is 0 Å². The highest BCUT2D eigenvalue weighted by Crippen LogP contribution is 2.32. The number of fused-ring (bicyclic) bond motifs is 1. The minimum Gasteiger partial charge on any atom is -0.483 e. The predicted octanol–water partition coefficient (Wildman–Crippen LogP) is 3.90. The van der Waals surface area contributed by atoms with E-state index in [9.17, 15) is 9.59 Å². The number of ether oxygens (including phenoxy) is 1. The number of carbonyl (C=O) groups excluding carboxylic acids is 2. The second kappa shape index (κ2) is 7.27. The van der Waals surface area contributed by atoms with Gasteiger partial charge in [-0.05, 0) is 59.6 Å². The molecule has 0 aromatic heterocycles. The van der Waals surface area contributed by atoms with Gasteiger partial charge in [0.2, 0.25) is 5.91 Å². The van der Waals surface area contributed by atoms with Crippen LogP contribution in [0.3, 0.4) is 0 Å². The molecule has 130 valence electrons. The van der Waals surface area contributed by atoms with Gasteiger partial charge in [0.25, 0.3) is 5.91 Å². The first-order chi connectivity index (χ1) is 12.0. The number of nitrogens with one attached hydrogen (secondary N) is 1. The Hall–Kier alpha value is -2.34. The maximum absolute atomic E-state index is 12.8. The molecule has 0 fully saturated rings. The topological polar surface area (TPSA) is 58.6 Å². The van der Waals surface area contributed by atoms with Crippen LogP contribution in [0.2, 0.25) is 0 Å². The molecular weight excluding hydrogens is 384 g/mol. The van der Waals surface area contributed by atoms with Crippen LogP contribution in [0.4, 0.5) is 11.4 Å². The van der Waals surface area contributed by atoms with Crippen LogP contribution in [0.1, 0.15) is 18.9 Å². The van der Waals surface area contributed by atoms with Gasteiger partial charge in [0, 0.05) is 12.5 Å². The van der Waals surface area contributed by atoms with E-state index in [1.807, 2.05) is 50.2 Å². The van der Waals surface area contributed by atoms with Crippen molar-refractivity contribution >= 4 is 39.1 Å². The van der Waals surface area contributed by atoms with Crippen molar-refractivity contribution in [2.75, 3.05) is 16.8 Å². The molecular formula is C19H19BrN2O3. The molecule has 3 rings (SSSR count). The summed E-state index contributed by atoms with van der Waals surface area (Å²) in [6.45, 7) is 3.75. The normalized spacial score (nSPS) is 16.7. The second-order valence-electron chi connectivity index (χ2n) is 6.10. The number of rotatable bonds is 3. The van der Waals surface area contributed by atoms with Crippen LogP contribution in [0.5, 0.6) is 5.75 Å². The zero-order chi connectivity index (χ0) is 18.0.